The summed E-state index contributed by atoms with van der Waals surface area (Å²) in [5.41, 5.74) is 6.25. The predicted molar refractivity (Wildman–Crippen MR) is 68.6 cm³/mol. The van der Waals surface area contributed by atoms with Crippen LogP contribution >= 0.6 is 0 Å². The molecule has 0 amide bonds. The number of hydrogen-bond donors (Lipinski definition) is 2. The topological polar surface area (TPSA) is 120 Å². The van der Waals surface area contributed by atoms with Gasteiger partial charge in [-0.3, -0.25) is 4.79 Å². The molecule has 0 fully saturated rings. The van der Waals surface area contributed by atoms with Crippen LogP contribution in [0.2, 0.25) is 0 Å². The lowest BCUT2D eigenvalue weighted by Crippen LogP contribution is -2.49. The number of carbonyl (C=O) groups excluding carboxylic acids is 1. The lowest BCUT2D eigenvalue weighted by atomic mass is 10.2. The molecule has 7 nitrogen and oxygen atoms in total. The number of carboxylic acid groups (broad SMARTS) is 2. The monoisotopic (exact) mass is 331 g/mol. The van der Waals surface area contributed by atoms with Gasteiger partial charge in [0.25, 0.3) is 0 Å². The van der Waals surface area contributed by atoms with Crippen LogP contribution in [0.4, 0.5) is 13.2 Å². The molecule has 1 heterocycles. The van der Waals surface area contributed by atoms with Crippen molar-refractivity contribution in [1.29, 1.82) is 0 Å². The molecule has 2 rings (SSSR count). The van der Waals surface area contributed by atoms with Crippen LogP contribution in [0.3, 0.4) is 0 Å². The number of nitrogens with two attached hydrogens (primary N) is 1. The fourth-order valence-corrected chi connectivity index (χ4v) is 1.44. The van der Waals surface area contributed by atoms with E-state index in [0.29, 0.717) is 0 Å². The highest BCUT2D eigenvalue weighted by Crippen LogP contribution is 2.11. The second-order valence-electron chi connectivity index (χ2n) is 4.33. The van der Waals surface area contributed by atoms with Gasteiger partial charge in [-0.1, -0.05) is 22.9 Å². The van der Waals surface area contributed by atoms with Crippen molar-refractivity contribution in [3.8, 4) is 0 Å². The van der Waals surface area contributed by atoms with Gasteiger partial charge < -0.3 is 20.7 Å². The summed E-state index contributed by atoms with van der Waals surface area (Å²) in [6, 6.07) is 8.59. The number of aliphatic carboxylic acids is 2. The van der Waals surface area contributed by atoms with Crippen molar-refractivity contribution >= 4 is 22.8 Å². The minimum Gasteiger partial charge on any atom is -0.542 e. The number of benzene rings is 1. The first kappa shape index (κ1) is 18.3. The summed E-state index contributed by atoms with van der Waals surface area (Å²) < 4.78 is 33.1. The van der Waals surface area contributed by atoms with Gasteiger partial charge in [0, 0.05) is 16.6 Å². The zero-order chi connectivity index (χ0) is 17.6. The summed E-state index contributed by atoms with van der Waals surface area (Å²) in [6.45, 7) is 0.167. The summed E-state index contributed by atoms with van der Waals surface area (Å²) in [5, 5.41) is 22.8. The van der Waals surface area contributed by atoms with Crippen molar-refractivity contribution in [1.82, 2.24) is 5.10 Å². The SMILES string of the molecule is N[C@@H](C[n+]1ccc2ccccc2n1)C(=O)O.O=C([O-])C(F)(F)F. The van der Waals surface area contributed by atoms with E-state index in [2.05, 4.69) is 5.10 Å². The molecule has 124 valence electrons. The van der Waals surface area contributed by atoms with E-state index in [-0.39, 0.29) is 6.54 Å². The molecule has 0 aliphatic carbocycles. The highest BCUT2D eigenvalue weighted by molar-refractivity contribution is 5.76. The summed E-state index contributed by atoms with van der Waals surface area (Å²) in [7, 11) is 0. The Kier molecular flexibility index (Phi) is 5.96. The second kappa shape index (κ2) is 7.49. The molecule has 0 radical (unpaired) electrons. The quantitative estimate of drug-likeness (QED) is 0.713. The Bertz CT molecular complexity index is 706. The van der Waals surface area contributed by atoms with E-state index in [1.54, 1.807) is 10.9 Å². The molecule has 0 unspecified atom stereocenters. The van der Waals surface area contributed by atoms with Crippen molar-refractivity contribution < 1.29 is 37.7 Å². The van der Waals surface area contributed by atoms with E-state index in [1.165, 1.54) is 0 Å². The molecule has 1 atom stereocenters. The van der Waals surface area contributed by atoms with Gasteiger partial charge in [-0.25, -0.2) is 0 Å². The number of alkyl halides is 3. The maximum absolute atomic E-state index is 10.6. The molecule has 0 saturated carbocycles. The number of carbonyl (C=O) groups is 2. The average molecular weight is 331 g/mol. The van der Waals surface area contributed by atoms with Crippen LogP contribution in [0.15, 0.2) is 36.5 Å². The molecule has 0 spiro atoms. The Balaban J connectivity index is 0.000000322. The second-order valence-corrected chi connectivity index (χ2v) is 4.33. The third-order valence-electron chi connectivity index (χ3n) is 2.53. The molecule has 0 aliphatic heterocycles. The van der Waals surface area contributed by atoms with E-state index in [9.17, 15) is 18.0 Å². The van der Waals surface area contributed by atoms with Crippen LogP contribution in [-0.2, 0) is 16.1 Å². The molecule has 2 aromatic rings. The van der Waals surface area contributed by atoms with Crippen LogP contribution in [0.5, 0.6) is 0 Å². The van der Waals surface area contributed by atoms with Gasteiger partial charge in [-0.15, -0.1) is 0 Å². The molecule has 1 aromatic heterocycles. The molecule has 3 N–H and O–H groups in total. The lowest BCUT2D eigenvalue weighted by Gasteiger charge is -2.03. The first-order valence-electron chi connectivity index (χ1n) is 6.13. The maximum atomic E-state index is 10.6. The fourth-order valence-electron chi connectivity index (χ4n) is 1.44. The average Bonchev–Trinajstić information content (AvgIpc) is 2.46. The van der Waals surface area contributed by atoms with Gasteiger partial charge in [0.1, 0.15) is 11.5 Å². The number of nitrogens with zero attached hydrogens (tertiary/aromatic N) is 2. The summed E-state index contributed by atoms with van der Waals surface area (Å²) in [4.78, 5) is 19.4. The molecule has 1 aromatic carbocycles. The van der Waals surface area contributed by atoms with E-state index >= 15 is 0 Å². The normalized spacial score (nSPS) is 12.2. The van der Waals surface area contributed by atoms with E-state index in [4.69, 9.17) is 20.7 Å². The van der Waals surface area contributed by atoms with Crippen LogP contribution in [0.25, 0.3) is 10.9 Å². The number of hydrogen-bond acceptors (Lipinski definition) is 5. The first-order chi connectivity index (χ1) is 10.6. The molecule has 0 saturated heterocycles. The Labute approximate surface area is 127 Å². The number of rotatable bonds is 3. The van der Waals surface area contributed by atoms with Crippen LogP contribution in [-0.4, -0.2) is 34.4 Å². The summed E-state index contributed by atoms with van der Waals surface area (Å²) in [6.07, 6.45) is -3.47. The Morgan fingerprint density at radius 1 is 1.30 bits per heavy atom. The number of fused-ring (bicyclic) bond motifs is 1. The third kappa shape index (κ3) is 5.87. The standard InChI is InChI=1S/C11H11N3O2.C2HF3O2/c12-9(11(15)16)7-14-6-5-8-3-1-2-4-10(8)13-14;3-2(4,5)1(6)7/h1-6,9H,7,12H2;(H,6,7)/t9-;/m0./s1. The predicted octanol–water partition coefficient (Wildman–Crippen LogP) is -0.767. The number of halogens is 3. The zero-order valence-corrected chi connectivity index (χ0v) is 11.5. The van der Waals surface area contributed by atoms with Gasteiger partial charge >= 0.3 is 12.1 Å². The smallest absolute Gasteiger partial charge is 0.430 e. The van der Waals surface area contributed by atoms with Crippen molar-refractivity contribution in [3.05, 3.63) is 36.5 Å². The third-order valence-corrected chi connectivity index (χ3v) is 2.53. The largest absolute Gasteiger partial charge is 0.542 e. The highest BCUT2D eigenvalue weighted by atomic mass is 19.4. The summed E-state index contributed by atoms with van der Waals surface area (Å²) >= 11 is 0. The van der Waals surface area contributed by atoms with Crippen LogP contribution < -0.4 is 15.5 Å². The van der Waals surface area contributed by atoms with Gasteiger partial charge in [0.15, 0.2) is 18.8 Å². The van der Waals surface area contributed by atoms with Crippen molar-refractivity contribution in [3.63, 3.8) is 0 Å². The van der Waals surface area contributed by atoms with Crippen molar-refractivity contribution in [2.75, 3.05) is 0 Å². The molecular formula is C13H12F3N3O4. The minimum absolute atomic E-state index is 0.167. The maximum Gasteiger partial charge on any atom is 0.430 e. The molecule has 10 heteroatoms. The van der Waals surface area contributed by atoms with Crippen molar-refractivity contribution in [2.45, 2.75) is 18.8 Å². The Morgan fingerprint density at radius 2 is 1.87 bits per heavy atom. The Hall–Kier alpha value is -2.75. The first-order valence-corrected chi connectivity index (χ1v) is 6.13. The molecule has 0 bridgehead atoms. The molecule has 23 heavy (non-hydrogen) atoms. The van der Waals surface area contributed by atoms with Crippen LogP contribution in [0, 0.1) is 0 Å². The highest BCUT2D eigenvalue weighted by Gasteiger charge is 2.28. The Morgan fingerprint density at radius 3 is 2.39 bits per heavy atom. The van der Waals surface area contributed by atoms with E-state index in [0.717, 1.165) is 10.9 Å². The van der Waals surface area contributed by atoms with E-state index in [1.807, 2.05) is 30.3 Å². The van der Waals surface area contributed by atoms with Crippen LogP contribution in [0.1, 0.15) is 0 Å². The number of aromatic nitrogens is 2. The van der Waals surface area contributed by atoms with Gasteiger partial charge in [0.05, 0.1) is 0 Å². The van der Waals surface area contributed by atoms with E-state index < -0.39 is 24.2 Å². The van der Waals surface area contributed by atoms with Gasteiger partial charge in [-0.2, -0.15) is 13.2 Å². The van der Waals surface area contributed by atoms with Crippen molar-refractivity contribution in [2.24, 2.45) is 5.73 Å². The lowest BCUT2D eigenvalue weighted by molar-refractivity contribution is -0.751. The molecular weight excluding hydrogens is 319 g/mol. The minimum atomic E-state index is -5.19. The number of carboxylic acids is 2. The molecule has 0 aliphatic rings. The summed E-state index contributed by atoms with van der Waals surface area (Å²) in [5.74, 6) is -4.03. The zero-order valence-electron chi connectivity index (χ0n) is 11.5. The fraction of sp³-hybridized carbons (Fsp3) is 0.231. The van der Waals surface area contributed by atoms with Gasteiger partial charge in [-0.05, 0) is 6.07 Å². The van der Waals surface area contributed by atoms with Gasteiger partial charge in [0.2, 0.25) is 0 Å².